The molecule has 27 heteroatoms. The summed E-state index contributed by atoms with van der Waals surface area (Å²) >= 11 is 0. The molecule has 1 heterocycles. The number of carboxylic acid groups (broad SMARTS) is 2. The van der Waals surface area contributed by atoms with E-state index in [9.17, 15) is 67.7 Å². The van der Waals surface area contributed by atoms with Gasteiger partial charge in [0.25, 0.3) is 0 Å². The standard InChI is InChI=1S/C46H77N13O14/c1-10-24(8)37(45(71)57-31(16-26-19-50-20-51-26)42(68)58-33(46(72)73)15-23(6)7)59-44(70)30(14-22(4)5)56-40(66)28(11-12-34(48)60)53-43(69)32(18-36(62)63)54-38(64)25(9)52-41(67)29(13-21(2)3)55-39(65)27(47)17-35(49)61/h19-25,27-33,37H,10-18,47H2,1-9H3,(H2,48,60)(H2,49,61)(H,50,51)(H,52,67)(H,53,69)(H,54,64)(H,55,65)(H,56,66)(H,57,71)(H,58,68)(H,59,70)(H,62,63)(H,72,73)/t24-,25-,27-,28-,29-,30-,31-,32-,33-,37-/m0/s1. The summed E-state index contributed by atoms with van der Waals surface area (Å²) in [5.74, 6) is -13.3. The molecule has 1 aromatic heterocycles. The van der Waals surface area contributed by atoms with E-state index >= 15 is 0 Å². The molecule has 410 valence electrons. The van der Waals surface area contributed by atoms with E-state index in [1.807, 2.05) is 0 Å². The largest absolute Gasteiger partial charge is 0.481 e. The molecule has 0 fully saturated rings. The van der Waals surface area contributed by atoms with Crippen molar-refractivity contribution in [2.24, 2.45) is 40.9 Å². The Hall–Kier alpha value is -7.19. The minimum Gasteiger partial charge on any atom is -0.481 e. The molecule has 0 radical (unpaired) electrons. The van der Waals surface area contributed by atoms with Gasteiger partial charge >= 0.3 is 11.9 Å². The Labute approximate surface area is 423 Å². The number of aromatic amines is 1. The second-order valence-corrected chi connectivity index (χ2v) is 19.4. The quantitative estimate of drug-likeness (QED) is 0.0328. The summed E-state index contributed by atoms with van der Waals surface area (Å²) in [5.41, 5.74) is 16.6. The number of rotatable bonds is 34. The summed E-state index contributed by atoms with van der Waals surface area (Å²) in [7, 11) is 0. The van der Waals surface area contributed by atoms with Gasteiger partial charge in [0.15, 0.2) is 0 Å². The maximum Gasteiger partial charge on any atom is 0.326 e. The Kier molecular flexibility index (Phi) is 27.4. The second-order valence-electron chi connectivity index (χ2n) is 19.4. The number of hydrogen-bond donors (Lipinski definition) is 14. The smallest absolute Gasteiger partial charge is 0.326 e. The fourth-order valence-electron chi connectivity index (χ4n) is 7.16. The molecule has 0 bridgehead atoms. The molecule has 0 spiro atoms. The summed E-state index contributed by atoms with van der Waals surface area (Å²) in [6.45, 7) is 15.1. The number of carboxylic acids is 2. The molecule has 0 saturated heterocycles. The van der Waals surface area contributed by atoms with Gasteiger partial charge in [-0.2, -0.15) is 0 Å². The van der Waals surface area contributed by atoms with Gasteiger partial charge in [-0.15, -0.1) is 0 Å². The first-order valence-corrected chi connectivity index (χ1v) is 24.1. The van der Waals surface area contributed by atoms with Crippen molar-refractivity contribution >= 4 is 71.0 Å². The molecule has 1 rings (SSSR count). The van der Waals surface area contributed by atoms with Crippen molar-refractivity contribution < 1.29 is 67.7 Å². The first-order chi connectivity index (χ1) is 33.9. The maximum absolute atomic E-state index is 14.2. The number of aromatic nitrogens is 2. The SMILES string of the molecule is CC[C@H](C)[C@H](NC(=O)[C@H](CC(C)C)NC(=O)[C@H](CCC(N)=O)NC(=O)[C@H](CC(=O)O)NC(=O)[C@H](C)NC(=O)[C@H](CC(C)C)NC(=O)[C@@H](N)CC(N)=O)C(=O)N[C@@H](Cc1cnc[nH]1)C(=O)N[C@@H](CC(C)C)C(=O)O. The van der Waals surface area contributed by atoms with E-state index in [0.717, 1.165) is 0 Å². The minimum absolute atomic E-state index is 0.0383. The van der Waals surface area contributed by atoms with Crippen molar-refractivity contribution in [2.45, 2.75) is 174 Å². The Morgan fingerprint density at radius 2 is 1.00 bits per heavy atom. The summed E-state index contributed by atoms with van der Waals surface area (Å²) in [6.07, 6.45) is 0.574. The lowest BCUT2D eigenvalue weighted by Gasteiger charge is -2.30. The number of imidazole rings is 1. The number of nitrogens with two attached hydrogens (primary N) is 3. The number of amides is 10. The van der Waals surface area contributed by atoms with E-state index in [1.165, 1.54) is 19.4 Å². The maximum atomic E-state index is 14.2. The van der Waals surface area contributed by atoms with Gasteiger partial charge in [-0.05, 0) is 56.3 Å². The van der Waals surface area contributed by atoms with Crippen LogP contribution in [-0.4, -0.2) is 146 Å². The average molecular weight is 1040 g/mol. The normalized spacial score (nSPS) is 15.4. The highest BCUT2D eigenvalue weighted by atomic mass is 16.4. The molecular weight excluding hydrogens is 959 g/mol. The molecule has 0 aromatic carbocycles. The van der Waals surface area contributed by atoms with Crippen molar-refractivity contribution in [3.05, 3.63) is 18.2 Å². The summed E-state index contributed by atoms with van der Waals surface area (Å²) in [6, 6.07) is -13.0. The zero-order valence-electron chi connectivity index (χ0n) is 43.0. The molecule has 73 heavy (non-hydrogen) atoms. The number of primary amides is 2. The zero-order chi connectivity index (χ0) is 55.9. The second kappa shape index (κ2) is 31.3. The average Bonchev–Trinajstić information content (AvgIpc) is 3.80. The Balaban J connectivity index is 3.43. The number of carbonyl (C=O) groups excluding carboxylic acids is 10. The Bertz CT molecular complexity index is 2080. The van der Waals surface area contributed by atoms with Crippen LogP contribution in [0.3, 0.4) is 0 Å². The van der Waals surface area contributed by atoms with Crippen LogP contribution in [0.15, 0.2) is 12.5 Å². The van der Waals surface area contributed by atoms with E-state index < -0.39 is 157 Å². The van der Waals surface area contributed by atoms with Gasteiger partial charge in [0.1, 0.15) is 48.3 Å². The van der Waals surface area contributed by atoms with Crippen LogP contribution < -0.4 is 59.7 Å². The van der Waals surface area contributed by atoms with E-state index in [-0.39, 0.29) is 43.4 Å². The summed E-state index contributed by atoms with van der Waals surface area (Å²) in [4.78, 5) is 163. The van der Waals surface area contributed by atoms with Crippen molar-refractivity contribution in [2.75, 3.05) is 0 Å². The van der Waals surface area contributed by atoms with Crippen LogP contribution >= 0.6 is 0 Å². The number of carbonyl (C=O) groups is 12. The number of hydrogen-bond acceptors (Lipinski definition) is 14. The van der Waals surface area contributed by atoms with Crippen molar-refractivity contribution in [1.82, 2.24) is 52.5 Å². The van der Waals surface area contributed by atoms with Crippen LogP contribution in [0.2, 0.25) is 0 Å². The molecule has 17 N–H and O–H groups in total. The molecule has 10 atom stereocenters. The molecule has 0 aliphatic heterocycles. The third-order valence-corrected chi connectivity index (χ3v) is 11.2. The fourth-order valence-corrected chi connectivity index (χ4v) is 7.16. The van der Waals surface area contributed by atoms with Crippen LogP contribution in [0.4, 0.5) is 0 Å². The van der Waals surface area contributed by atoms with Crippen LogP contribution in [-0.2, 0) is 64.0 Å². The van der Waals surface area contributed by atoms with Crippen LogP contribution in [0.5, 0.6) is 0 Å². The van der Waals surface area contributed by atoms with Gasteiger partial charge in [-0.3, -0.25) is 52.7 Å². The van der Waals surface area contributed by atoms with Gasteiger partial charge in [0, 0.05) is 24.7 Å². The highest BCUT2D eigenvalue weighted by Crippen LogP contribution is 2.14. The summed E-state index contributed by atoms with van der Waals surface area (Å²) in [5, 5.41) is 39.1. The fraction of sp³-hybridized carbons (Fsp3) is 0.674. The number of nitrogens with one attached hydrogen (secondary N) is 9. The lowest BCUT2D eigenvalue weighted by molar-refractivity contribution is -0.143. The van der Waals surface area contributed by atoms with Crippen molar-refractivity contribution in [3.63, 3.8) is 0 Å². The van der Waals surface area contributed by atoms with E-state index in [2.05, 4.69) is 52.5 Å². The molecule has 0 aliphatic rings. The monoisotopic (exact) mass is 1040 g/mol. The van der Waals surface area contributed by atoms with Gasteiger partial charge in [0.2, 0.25) is 59.1 Å². The molecular formula is C46H77N13O14. The predicted molar refractivity (Wildman–Crippen MR) is 261 cm³/mol. The Morgan fingerprint density at radius 1 is 0.548 bits per heavy atom. The number of nitrogens with zero attached hydrogens (tertiary/aromatic N) is 1. The highest BCUT2D eigenvalue weighted by Gasteiger charge is 2.37. The number of H-pyrrole nitrogens is 1. The lowest BCUT2D eigenvalue weighted by Crippen LogP contribution is -2.61. The van der Waals surface area contributed by atoms with E-state index in [0.29, 0.717) is 12.1 Å². The zero-order valence-corrected chi connectivity index (χ0v) is 43.0. The topological polar surface area (TPSA) is 448 Å². The molecule has 0 saturated carbocycles. The van der Waals surface area contributed by atoms with E-state index in [1.54, 1.807) is 55.4 Å². The van der Waals surface area contributed by atoms with Crippen molar-refractivity contribution in [1.29, 1.82) is 0 Å². The van der Waals surface area contributed by atoms with Gasteiger partial charge in [0.05, 0.1) is 25.2 Å². The number of aliphatic carboxylic acids is 2. The predicted octanol–water partition coefficient (Wildman–Crippen LogP) is -2.94. The molecule has 27 nitrogen and oxygen atoms in total. The van der Waals surface area contributed by atoms with Crippen LogP contribution in [0, 0.1) is 23.7 Å². The highest BCUT2D eigenvalue weighted by molar-refractivity contribution is 5.99. The van der Waals surface area contributed by atoms with Crippen molar-refractivity contribution in [3.8, 4) is 0 Å². The lowest BCUT2D eigenvalue weighted by atomic mass is 9.96. The molecule has 0 aliphatic carbocycles. The minimum atomic E-state index is -1.89. The van der Waals surface area contributed by atoms with Gasteiger partial charge in [-0.1, -0.05) is 61.8 Å². The molecule has 1 aromatic rings. The third kappa shape index (κ3) is 24.2. The van der Waals surface area contributed by atoms with Gasteiger partial charge in [-0.25, -0.2) is 9.78 Å². The van der Waals surface area contributed by atoms with Crippen LogP contribution in [0.25, 0.3) is 0 Å². The van der Waals surface area contributed by atoms with E-state index in [4.69, 9.17) is 17.2 Å². The first-order valence-electron chi connectivity index (χ1n) is 24.1. The van der Waals surface area contributed by atoms with Gasteiger partial charge < -0.3 is 74.9 Å². The Morgan fingerprint density at radius 3 is 1.48 bits per heavy atom. The molecule has 10 amide bonds. The third-order valence-electron chi connectivity index (χ3n) is 11.2. The first kappa shape index (κ1) is 63.8. The van der Waals surface area contributed by atoms with Crippen LogP contribution in [0.1, 0.15) is 119 Å². The summed E-state index contributed by atoms with van der Waals surface area (Å²) < 4.78 is 0. The molecule has 0 unspecified atom stereocenters.